The minimum Gasteiger partial charge on any atom is -0.381 e. The first-order valence-electron chi connectivity index (χ1n) is 9.17. The van der Waals surface area contributed by atoms with Gasteiger partial charge in [-0.15, -0.1) is 0 Å². The topological polar surface area (TPSA) is 51.5 Å². The van der Waals surface area contributed by atoms with Crippen molar-refractivity contribution < 1.29 is 9.13 Å². The van der Waals surface area contributed by atoms with E-state index in [4.69, 9.17) is 4.74 Å². The third-order valence-electron chi connectivity index (χ3n) is 5.94. The number of likely N-dealkylation sites (tertiary alicyclic amines) is 1. The number of benzene rings is 1. The molecule has 0 spiro atoms. The van der Waals surface area contributed by atoms with Crippen LogP contribution < -0.4 is 10.2 Å². The lowest BCUT2D eigenvalue weighted by Gasteiger charge is -2.46. The van der Waals surface area contributed by atoms with Crippen LogP contribution >= 0.6 is 0 Å². The van der Waals surface area contributed by atoms with Crippen molar-refractivity contribution in [2.24, 2.45) is 0 Å². The van der Waals surface area contributed by atoms with Crippen LogP contribution in [0.2, 0.25) is 0 Å². The van der Waals surface area contributed by atoms with E-state index >= 15 is 0 Å². The summed E-state index contributed by atoms with van der Waals surface area (Å²) in [6, 6.07) is 8.74. The summed E-state index contributed by atoms with van der Waals surface area (Å²) >= 11 is 0. The van der Waals surface area contributed by atoms with Gasteiger partial charge in [-0.25, -0.2) is 0 Å². The fourth-order valence-corrected chi connectivity index (χ4v) is 4.46. The number of nitrogens with zero attached hydrogens (tertiary/aromatic N) is 3. The molecule has 2 fully saturated rings. The number of hydrogen-bond donors (Lipinski definition) is 1. The van der Waals surface area contributed by atoms with Gasteiger partial charge < -0.3 is 15.0 Å². The molecule has 0 aliphatic carbocycles. The molecule has 1 unspecified atom stereocenters. The highest BCUT2D eigenvalue weighted by atomic mass is 19.1. The van der Waals surface area contributed by atoms with Gasteiger partial charge in [0.1, 0.15) is 5.54 Å². The molecule has 25 heavy (non-hydrogen) atoms. The molecule has 1 aromatic carbocycles. The van der Waals surface area contributed by atoms with Crippen LogP contribution in [0.5, 0.6) is 0 Å². The van der Waals surface area contributed by atoms with Crippen LogP contribution in [0.3, 0.4) is 0 Å². The summed E-state index contributed by atoms with van der Waals surface area (Å²) < 4.78 is 20.1. The zero-order valence-electron chi connectivity index (χ0n) is 14.7. The van der Waals surface area contributed by atoms with Crippen LogP contribution in [0.4, 0.5) is 15.8 Å². The Morgan fingerprint density at radius 3 is 2.68 bits per heavy atom. The monoisotopic (exact) mass is 344 g/mol. The summed E-state index contributed by atoms with van der Waals surface area (Å²) in [6.45, 7) is 5.02. The Bertz CT molecular complexity index is 674. The molecule has 0 aromatic heterocycles. The lowest BCUT2D eigenvalue weighted by atomic mass is 9.87. The van der Waals surface area contributed by atoms with E-state index in [9.17, 15) is 9.65 Å². The molecule has 2 saturated heterocycles. The number of aryl methyl sites for hydroxylation is 1. The molecule has 4 rings (SSSR count). The number of piperidine rings is 1. The first kappa shape index (κ1) is 16.6. The predicted octanol–water partition coefficient (Wildman–Crippen LogP) is 3.02. The summed E-state index contributed by atoms with van der Waals surface area (Å²) in [4.78, 5) is 4.20. The van der Waals surface area contributed by atoms with Crippen LogP contribution in [0.1, 0.15) is 31.2 Å². The Hall–Kier alpha value is -1.84. The van der Waals surface area contributed by atoms with Crippen LogP contribution in [0, 0.1) is 18.3 Å². The Morgan fingerprint density at radius 1 is 1.28 bits per heavy atom. The molecule has 3 aliphatic rings. The van der Waals surface area contributed by atoms with E-state index in [-0.39, 0.29) is 6.04 Å². The molecule has 0 radical (unpaired) electrons. The molecule has 134 valence electrons. The Kier molecular flexibility index (Phi) is 4.30. The fourth-order valence-electron chi connectivity index (χ4n) is 4.46. The van der Waals surface area contributed by atoms with Crippen LogP contribution in [0.25, 0.3) is 0 Å². The molecule has 5 nitrogen and oxygen atoms in total. The van der Waals surface area contributed by atoms with E-state index in [1.165, 1.54) is 0 Å². The summed E-state index contributed by atoms with van der Waals surface area (Å²) in [5.74, 6) is 0. The maximum absolute atomic E-state index is 14.6. The normalized spacial score (nSPS) is 26.8. The number of fused-ring (bicyclic) bond motifs is 1. The van der Waals surface area contributed by atoms with Crippen molar-refractivity contribution in [2.45, 2.75) is 50.6 Å². The Morgan fingerprint density at radius 2 is 2.00 bits per heavy atom. The van der Waals surface area contributed by atoms with Gasteiger partial charge in [-0.3, -0.25) is 4.90 Å². The average Bonchev–Trinajstić information content (AvgIpc) is 2.97. The highest BCUT2D eigenvalue weighted by Crippen LogP contribution is 2.40. The minimum atomic E-state index is -1.17. The van der Waals surface area contributed by atoms with E-state index in [2.05, 4.69) is 22.4 Å². The minimum absolute atomic E-state index is 0.164. The van der Waals surface area contributed by atoms with Crippen molar-refractivity contribution in [1.29, 1.82) is 5.26 Å². The van der Waals surface area contributed by atoms with Gasteiger partial charge >= 0.3 is 0 Å². The van der Waals surface area contributed by atoms with E-state index < -0.39 is 12.0 Å². The average molecular weight is 344 g/mol. The molecule has 6 heteroatoms. The van der Waals surface area contributed by atoms with Gasteiger partial charge in [0.05, 0.1) is 17.4 Å². The predicted molar refractivity (Wildman–Crippen MR) is 95.2 cm³/mol. The summed E-state index contributed by atoms with van der Waals surface area (Å²) in [7, 11) is 0. The maximum atomic E-state index is 14.6. The number of halogens is 1. The second-order valence-corrected chi connectivity index (χ2v) is 7.38. The molecule has 0 saturated carbocycles. The third-order valence-corrected chi connectivity index (χ3v) is 5.94. The van der Waals surface area contributed by atoms with Gasteiger partial charge in [0.15, 0.2) is 0 Å². The van der Waals surface area contributed by atoms with Crippen LogP contribution in [0.15, 0.2) is 18.2 Å². The summed E-state index contributed by atoms with van der Waals surface area (Å²) in [6.07, 6.45) is 2.13. The number of ether oxygens (including phenoxy) is 1. The van der Waals surface area contributed by atoms with Gasteiger partial charge in [-0.1, -0.05) is 6.07 Å². The summed E-state index contributed by atoms with van der Waals surface area (Å²) in [5, 5.41) is 12.7. The lowest BCUT2D eigenvalue weighted by Crippen LogP contribution is -2.57. The highest BCUT2D eigenvalue weighted by molar-refractivity contribution is 5.76. The van der Waals surface area contributed by atoms with E-state index in [1.807, 2.05) is 24.0 Å². The number of alkyl halides is 1. The zero-order chi connectivity index (χ0) is 17.4. The van der Waals surface area contributed by atoms with Crippen LogP contribution in [-0.4, -0.2) is 49.2 Å². The molecular formula is C19H25FN4O. The second kappa shape index (κ2) is 6.47. The van der Waals surface area contributed by atoms with Gasteiger partial charge in [0.25, 0.3) is 0 Å². The first-order chi connectivity index (χ1) is 12.1. The molecule has 1 atom stereocenters. The van der Waals surface area contributed by atoms with Gasteiger partial charge in [-0.2, -0.15) is 9.65 Å². The van der Waals surface area contributed by atoms with Gasteiger partial charge in [0, 0.05) is 45.2 Å². The number of hydrogen-bond acceptors (Lipinski definition) is 5. The second-order valence-electron chi connectivity index (χ2n) is 7.38. The Balaban J connectivity index is 1.48. The van der Waals surface area contributed by atoms with Crippen LogP contribution in [-0.2, 0) is 4.74 Å². The highest BCUT2D eigenvalue weighted by Gasteiger charge is 2.43. The van der Waals surface area contributed by atoms with E-state index in [1.54, 1.807) is 0 Å². The number of nitrogens with one attached hydrogen (secondary N) is 1. The number of rotatable bonds is 2. The van der Waals surface area contributed by atoms with Crippen molar-refractivity contribution >= 4 is 11.4 Å². The zero-order valence-corrected chi connectivity index (χ0v) is 14.7. The molecule has 0 bridgehead atoms. The third kappa shape index (κ3) is 2.86. The smallest absolute Gasteiger partial charge is 0.247 e. The van der Waals surface area contributed by atoms with Crippen molar-refractivity contribution in [3.8, 4) is 6.07 Å². The molecule has 3 heterocycles. The molecule has 3 aliphatic heterocycles. The quantitative estimate of drug-likeness (QED) is 0.836. The van der Waals surface area contributed by atoms with Crippen molar-refractivity contribution in [3.63, 3.8) is 0 Å². The Labute approximate surface area is 148 Å². The maximum Gasteiger partial charge on any atom is 0.247 e. The molecule has 1 aromatic rings. The molecule has 0 amide bonds. The molecular weight excluding hydrogens is 319 g/mol. The number of nitriles is 1. The SMILES string of the molecule is Cc1ccc2c(c1)N(C1CCN(C3(C#N)CCOCC3)CC1)C(F)N2. The fraction of sp³-hybridized carbons (Fsp3) is 0.632. The van der Waals surface area contributed by atoms with Crippen molar-refractivity contribution in [1.82, 2.24) is 4.90 Å². The molecule has 1 N–H and O–H groups in total. The largest absolute Gasteiger partial charge is 0.381 e. The first-order valence-corrected chi connectivity index (χ1v) is 9.17. The van der Waals surface area contributed by atoms with E-state index in [0.717, 1.165) is 55.7 Å². The van der Waals surface area contributed by atoms with Crippen molar-refractivity contribution in [2.75, 3.05) is 36.5 Å². The van der Waals surface area contributed by atoms with Crippen molar-refractivity contribution in [3.05, 3.63) is 23.8 Å². The van der Waals surface area contributed by atoms with E-state index in [0.29, 0.717) is 13.2 Å². The lowest BCUT2D eigenvalue weighted by molar-refractivity contribution is -0.00945. The van der Waals surface area contributed by atoms with Gasteiger partial charge in [-0.05, 0) is 37.5 Å². The standard InChI is InChI=1S/C19H25FN4O/c1-14-2-3-16-17(12-14)24(18(20)22-16)15-4-8-23(9-5-15)19(13-21)6-10-25-11-7-19/h2-3,12,15,18,22H,4-11H2,1H3. The number of anilines is 2. The van der Waals surface area contributed by atoms with Gasteiger partial charge in [0.2, 0.25) is 6.42 Å². The summed E-state index contributed by atoms with van der Waals surface area (Å²) in [5.41, 5.74) is 2.59.